The maximum Gasteiger partial charge on any atom is 0.242 e. The average molecular weight is 389 g/mol. The van der Waals surface area contributed by atoms with Crippen molar-refractivity contribution in [3.05, 3.63) is 60.2 Å². The van der Waals surface area contributed by atoms with Crippen LogP contribution in [0.15, 0.2) is 59.5 Å². The molecule has 0 unspecified atom stereocenters. The maximum atomic E-state index is 12.4. The summed E-state index contributed by atoms with van der Waals surface area (Å²) in [5, 5.41) is 5.49. The van der Waals surface area contributed by atoms with E-state index in [1.54, 1.807) is 0 Å². The fourth-order valence-corrected chi connectivity index (χ4v) is 3.40. The summed E-state index contributed by atoms with van der Waals surface area (Å²) in [7, 11) is -0.607. The van der Waals surface area contributed by atoms with Gasteiger partial charge in [0.25, 0.3) is 0 Å². The van der Waals surface area contributed by atoms with Crippen LogP contribution in [-0.2, 0) is 19.6 Å². The Kier molecular flexibility index (Phi) is 6.70. The van der Waals surface area contributed by atoms with E-state index in [-0.39, 0.29) is 23.1 Å². The predicted molar refractivity (Wildman–Crippen MR) is 104 cm³/mol. The van der Waals surface area contributed by atoms with E-state index in [1.807, 2.05) is 30.3 Å². The molecule has 0 heterocycles. The molecule has 0 aliphatic rings. The second-order valence-electron chi connectivity index (χ2n) is 6.23. The van der Waals surface area contributed by atoms with Gasteiger partial charge in [-0.25, -0.2) is 12.7 Å². The van der Waals surface area contributed by atoms with Crippen molar-refractivity contribution in [2.45, 2.75) is 24.3 Å². The molecule has 0 saturated carbocycles. The van der Waals surface area contributed by atoms with Crippen LogP contribution >= 0.6 is 0 Å². The fourth-order valence-electron chi connectivity index (χ4n) is 2.50. The Hall–Kier alpha value is -2.71. The standard InChI is InChI=1S/C19H23N3O4S/c1-14(23)20-18(15-7-5-4-6-8-15)13-19(24)21-16-9-11-17(12-10-16)27(25,26)22(2)3/h4-12,18H,13H2,1-3H3,(H,20,23)(H,21,24)/t18-/m0/s1. The van der Waals surface area contributed by atoms with Crippen LogP contribution in [0.25, 0.3) is 0 Å². The number of carbonyl (C=O) groups is 2. The van der Waals surface area contributed by atoms with Crippen LogP contribution in [0.1, 0.15) is 24.9 Å². The summed E-state index contributed by atoms with van der Waals surface area (Å²) in [6.45, 7) is 1.40. The number of nitrogens with zero attached hydrogens (tertiary/aromatic N) is 1. The third kappa shape index (κ3) is 5.63. The number of sulfonamides is 1. The summed E-state index contributed by atoms with van der Waals surface area (Å²) in [5.74, 6) is -0.518. The highest BCUT2D eigenvalue weighted by molar-refractivity contribution is 7.89. The molecule has 2 amide bonds. The van der Waals surface area contributed by atoms with E-state index >= 15 is 0 Å². The molecule has 2 N–H and O–H groups in total. The van der Waals surface area contributed by atoms with Gasteiger partial charge in [0.05, 0.1) is 17.4 Å². The molecule has 8 heteroatoms. The van der Waals surface area contributed by atoms with E-state index in [0.717, 1.165) is 9.87 Å². The molecule has 7 nitrogen and oxygen atoms in total. The second-order valence-corrected chi connectivity index (χ2v) is 8.38. The van der Waals surface area contributed by atoms with Crippen molar-refractivity contribution in [1.82, 2.24) is 9.62 Å². The summed E-state index contributed by atoms with van der Waals surface area (Å²) in [6, 6.07) is 14.7. The normalized spacial score (nSPS) is 12.4. The maximum absolute atomic E-state index is 12.4. The quantitative estimate of drug-likeness (QED) is 0.758. The molecule has 2 aromatic rings. The van der Waals surface area contributed by atoms with E-state index < -0.39 is 16.1 Å². The lowest BCUT2D eigenvalue weighted by Crippen LogP contribution is -2.29. The Morgan fingerprint density at radius 3 is 2.11 bits per heavy atom. The third-order valence-corrected chi connectivity index (χ3v) is 5.71. The summed E-state index contributed by atoms with van der Waals surface area (Å²) < 4.78 is 25.3. The van der Waals surface area contributed by atoms with E-state index in [2.05, 4.69) is 10.6 Å². The molecule has 0 aromatic heterocycles. The Balaban J connectivity index is 2.08. The Labute approximate surface area is 159 Å². The lowest BCUT2D eigenvalue weighted by atomic mass is 10.0. The number of hydrogen-bond acceptors (Lipinski definition) is 4. The van der Waals surface area contributed by atoms with Crippen LogP contribution in [0.3, 0.4) is 0 Å². The summed E-state index contributed by atoms with van der Waals surface area (Å²) in [6.07, 6.45) is 0.0569. The SMILES string of the molecule is CC(=O)N[C@@H](CC(=O)Nc1ccc(S(=O)(=O)N(C)C)cc1)c1ccccc1. The van der Waals surface area contributed by atoms with Gasteiger partial charge in [-0.15, -0.1) is 0 Å². The van der Waals surface area contributed by atoms with E-state index in [0.29, 0.717) is 5.69 Å². The number of carbonyl (C=O) groups excluding carboxylic acids is 2. The monoisotopic (exact) mass is 389 g/mol. The van der Waals surface area contributed by atoms with Gasteiger partial charge in [0.1, 0.15) is 0 Å². The molecule has 0 bridgehead atoms. The van der Waals surface area contributed by atoms with Crippen molar-refractivity contribution in [1.29, 1.82) is 0 Å². The van der Waals surface area contributed by atoms with Crippen LogP contribution in [0.5, 0.6) is 0 Å². The Morgan fingerprint density at radius 2 is 1.59 bits per heavy atom. The molecule has 2 aromatic carbocycles. The lowest BCUT2D eigenvalue weighted by Gasteiger charge is -2.18. The van der Waals surface area contributed by atoms with E-state index in [9.17, 15) is 18.0 Å². The molecule has 0 radical (unpaired) electrons. The Morgan fingerprint density at radius 1 is 1.00 bits per heavy atom. The number of benzene rings is 2. The largest absolute Gasteiger partial charge is 0.349 e. The van der Waals surface area contributed by atoms with Crippen molar-refractivity contribution < 1.29 is 18.0 Å². The molecule has 0 spiro atoms. The predicted octanol–water partition coefficient (Wildman–Crippen LogP) is 2.14. The zero-order valence-electron chi connectivity index (χ0n) is 15.5. The number of hydrogen-bond donors (Lipinski definition) is 2. The second kappa shape index (κ2) is 8.79. The minimum atomic E-state index is -3.52. The van der Waals surface area contributed by atoms with Gasteiger partial charge >= 0.3 is 0 Å². The molecule has 1 atom stereocenters. The van der Waals surface area contributed by atoms with Crippen LogP contribution in [0.2, 0.25) is 0 Å². The zero-order valence-corrected chi connectivity index (χ0v) is 16.3. The first-order valence-corrected chi connectivity index (χ1v) is 9.78. The van der Waals surface area contributed by atoms with Gasteiger partial charge in [-0.1, -0.05) is 30.3 Å². The molecular weight excluding hydrogens is 366 g/mol. The number of rotatable bonds is 7. The summed E-state index contributed by atoms with van der Waals surface area (Å²) in [5.41, 5.74) is 1.31. The van der Waals surface area contributed by atoms with Crippen molar-refractivity contribution in [2.75, 3.05) is 19.4 Å². The molecular formula is C19H23N3O4S. The first-order chi connectivity index (χ1) is 12.7. The third-order valence-electron chi connectivity index (χ3n) is 3.89. The summed E-state index contributed by atoms with van der Waals surface area (Å²) >= 11 is 0. The van der Waals surface area contributed by atoms with E-state index in [1.165, 1.54) is 45.3 Å². The molecule has 0 aliphatic carbocycles. The molecule has 144 valence electrons. The number of nitrogens with one attached hydrogen (secondary N) is 2. The first-order valence-electron chi connectivity index (χ1n) is 8.34. The van der Waals surface area contributed by atoms with Gasteiger partial charge in [0, 0.05) is 26.7 Å². The molecule has 0 fully saturated rings. The molecule has 0 saturated heterocycles. The Bertz CT molecular complexity index is 894. The number of anilines is 1. The van der Waals surface area contributed by atoms with Crippen molar-refractivity contribution in [3.8, 4) is 0 Å². The number of amides is 2. The average Bonchev–Trinajstić information content (AvgIpc) is 2.62. The summed E-state index contributed by atoms with van der Waals surface area (Å²) in [4.78, 5) is 24.0. The van der Waals surface area contributed by atoms with Gasteiger partial charge in [-0.3, -0.25) is 9.59 Å². The topological polar surface area (TPSA) is 95.6 Å². The zero-order chi connectivity index (χ0) is 20.0. The smallest absolute Gasteiger partial charge is 0.242 e. The molecule has 2 rings (SSSR count). The van der Waals surface area contributed by atoms with E-state index in [4.69, 9.17) is 0 Å². The lowest BCUT2D eigenvalue weighted by molar-refractivity contribution is -0.120. The van der Waals surface area contributed by atoms with Gasteiger partial charge in [-0.05, 0) is 29.8 Å². The van der Waals surface area contributed by atoms with Crippen molar-refractivity contribution in [2.24, 2.45) is 0 Å². The van der Waals surface area contributed by atoms with Crippen LogP contribution in [0.4, 0.5) is 5.69 Å². The van der Waals surface area contributed by atoms with Crippen LogP contribution in [0, 0.1) is 0 Å². The highest BCUT2D eigenvalue weighted by Crippen LogP contribution is 2.20. The van der Waals surface area contributed by atoms with Crippen LogP contribution in [-0.4, -0.2) is 38.6 Å². The van der Waals surface area contributed by atoms with Gasteiger partial charge in [0.15, 0.2) is 0 Å². The van der Waals surface area contributed by atoms with Gasteiger partial charge in [0.2, 0.25) is 21.8 Å². The minimum absolute atomic E-state index is 0.0569. The fraction of sp³-hybridized carbons (Fsp3) is 0.263. The van der Waals surface area contributed by atoms with Gasteiger partial charge < -0.3 is 10.6 Å². The first kappa shape index (κ1) is 20.6. The highest BCUT2D eigenvalue weighted by Gasteiger charge is 2.19. The van der Waals surface area contributed by atoms with Crippen LogP contribution < -0.4 is 10.6 Å². The van der Waals surface area contributed by atoms with Gasteiger partial charge in [-0.2, -0.15) is 0 Å². The molecule has 0 aliphatic heterocycles. The molecule has 27 heavy (non-hydrogen) atoms. The highest BCUT2D eigenvalue weighted by atomic mass is 32.2. The van der Waals surface area contributed by atoms with Crippen molar-refractivity contribution in [3.63, 3.8) is 0 Å². The van der Waals surface area contributed by atoms with Crippen molar-refractivity contribution >= 4 is 27.5 Å². The minimum Gasteiger partial charge on any atom is -0.349 e.